The van der Waals surface area contributed by atoms with Crippen molar-refractivity contribution in [2.45, 2.75) is 24.8 Å². The van der Waals surface area contributed by atoms with Gasteiger partial charge < -0.3 is 4.90 Å². The van der Waals surface area contributed by atoms with Gasteiger partial charge in [-0.3, -0.25) is 4.79 Å². The van der Waals surface area contributed by atoms with Gasteiger partial charge in [-0.25, -0.2) is 17.5 Å². The Morgan fingerprint density at radius 1 is 1.07 bits per heavy atom. The first-order valence-electron chi connectivity index (χ1n) is 9.60. The number of aryl methyl sites for hydroxylation is 1. The second-order valence-corrected chi connectivity index (χ2v) is 9.03. The number of sulfonamides is 1. The Balaban J connectivity index is 1.55. The van der Waals surface area contributed by atoms with Gasteiger partial charge in [-0.1, -0.05) is 42.0 Å². The van der Waals surface area contributed by atoms with Crippen molar-refractivity contribution in [2.75, 3.05) is 11.4 Å². The molecule has 0 spiro atoms. The van der Waals surface area contributed by atoms with Crippen LogP contribution in [0.15, 0.2) is 71.6 Å². The standard InChI is InChI=1S/C23H21FN2O3S/c1-16-5-4-6-19(13-16)23(27)26-12-11-18-10-9-17(14-21(18)26)15-25-30(28,29)22-8-3-2-7-20(22)24/h2-10,13-14,25H,11-12,15H2,1H3. The van der Waals surface area contributed by atoms with Crippen LogP contribution in [0.5, 0.6) is 0 Å². The minimum Gasteiger partial charge on any atom is -0.308 e. The van der Waals surface area contributed by atoms with E-state index >= 15 is 0 Å². The molecule has 3 aromatic rings. The lowest BCUT2D eigenvalue weighted by Gasteiger charge is -2.18. The van der Waals surface area contributed by atoms with Crippen molar-refractivity contribution in [1.82, 2.24) is 4.72 Å². The molecule has 3 aromatic carbocycles. The molecular weight excluding hydrogens is 403 g/mol. The first-order valence-corrected chi connectivity index (χ1v) is 11.1. The molecule has 0 bridgehead atoms. The van der Waals surface area contributed by atoms with Crippen LogP contribution < -0.4 is 9.62 Å². The van der Waals surface area contributed by atoms with Crippen molar-refractivity contribution in [2.24, 2.45) is 0 Å². The maximum atomic E-state index is 13.9. The Hall–Kier alpha value is -3.03. The monoisotopic (exact) mass is 424 g/mol. The molecule has 0 aliphatic carbocycles. The largest absolute Gasteiger partial charge is 0.308 e. The number of carbonyl (C=O) groups is 1. The maximum absolute atomic E-state index is 13.9. The third-order valence-corrected chi connectivity index (χ3v) is 6.58. The van der Waals surface area contributed by atoms with E-state index in [2.05, 4.69) is 4.72 Å². The lowest BCUT2D eigenvalue weighted by Crippen LogP contribution is -2.29. The van der Waals surface area contributed by atoms with Crippen LogP contribution >= 0.6 is 0 Å². The summed E-state index contributed by atoms with van der Waals surface area (Å²) in [6.07, 6.45) is 0.744. The van der Waals surface area contributed by atoms with Crippen LogP contribution in [-0.4, -0.2) is 20.9 Å². The molecular formula is C23H21FN2O3S. The summed E-state index contributed by atoms with van der Waals surface area (Å²) in [4.78, 5) is 14.3. The highest BCUT2D eigenvalue weighted by Crippen LogP contribution is 2.30. The van der Waals surface area contributed by atoms with E-state index in [4.69, 9.17) is 0 Å². The van der Waals surface area contributed by atoms with E-state index in [-0.39, 0.29) is 17.3 Å². The Labute approximate surface area is 175 Å². The summed E-state index contributed by atoms with van der Waals surface area (Å²) in [7, 11) is -3.99. The summed E-state index contributed by atoms with van der Waals surface area (Å²) < 4.78 is 41.2. The number of hydrogen-bond acceptors (Lipinski definition) is 3. The van der Waals surface area contributed by atoms with E-state index in [1.165, 1.54) is 18.2 Å². The highest BCUT2D eigenvalue weighted by atomic mass is 32.2. The first kappa shape index (κ1) is 20.3. The fourth-order valence-electron chi connectivity index (χ4n) is 3.60. The molecule has 0 saturated heterocycles. The average molecular weight is 424 g/mol. The van der Waals surface area contributed by atoms with Gasteiger partial charge in [0.05, 0.1) is 0 Å². The molecule has 0 saturated carbocycles. The molecule has 0 radical (unpaired) electrons. The zero-order valence-corrected chi connectivity index (χ0v) is 17.2. The van der Waals surface area contributed by atoms with Crippen molar-refractivity contribution in [3.05, 3.63) is 94.8 Å². The van der Waals surface area contributed by atoms with Crippen molar-refractivity contribution in [3.8, 4) is 0 Å². The number of fused-ring (bicyclic) bond motifs is 1. The minimum absolute atomic E-state index is 0.00355. The predicted molar refractivity (Wildman–Crippen MR) is 113 cm³/mol. The second kappa shape index (κ2) is 8.01. The Morgan fingerprint density at radius 3 is 2.63 bits per heavy atom. The average Bonchev–Trinajstić information content (AvgIpc) is 3.15. The van der Waals surface area contributed by atoms with Gasteiger partial charge in [0.15, 0.2) is 0 Å². The summed E-state index contributed by atoms with van der Waals surface area (Å²) in [6.45, 7) is 2.51. The molecule has 4 rings (SSSR count). The fraction of sp³-hybridized carbons (Fsp3) is 0.174. The topological polar surface area (TPSA) is 66.5 Å². The third kappa shape index (κ3) is 3.99. The molecule has 0 unspecified atom stereocenters. The molecule has 1 aliphatic heterocycles. The molecule has 5 nitrogen and oxygen atoms in total. The highest BCUT2D eigenvalue weighted by molar-refractivity contribution is 7.89. The molecule has 154 valence electrons. The van der Waals surface area contributed by atoms with Crippen LogP contribution in [0.1, 0.15) is 27.0 Å². The zero-order valence-electron chi connectivity index (χ0n) is 16.4. The molecule has 1 aliphatic rings. The number of rotatable bonds is 5. The van der Waals surface area contributed by atoms with Crippen LogP contribution in [0.25, 0.3) is 0 Å². The van der Waals surface area contributed by atoms with Crippen LogP contribution in [0.3, 0.4) is 0 Å². The van der Waals surface area contributed by atoms with E-state index in [1.807, 2.05) is 43.3 Å². The van der Waals surface area contributed by atoms with E-state index < -0.39 is 15.8 Å². The van der Waals surface area contributed by atoms with Crippen molar-refractivity contribution in [3.63, 3.8) is 0 Å². The number of carbonyl (C=O) groups excluding carboxylic acids is 1. The number of benzene rings is 3. The number of halogens is 1. The Morgan fingerprint density at radius 2 is 1.87 bits per heavy atom. The Kier molecular flexibility index (Phi) is 5.40. The SMILES string of the molecule is Cc1cccc(C(=O)N2CCc3ccc(CNS(=O)(=O)c4ccccc4F)cc32)c1. The number of nitrogens with one attached hydrogen (secondary N) is 1. The van der Waals surface area contributed by atoms with Crippen LogP contribution in [0, 0.1) is 12.7 Å². The molecule has 0 aromatic heterocycles. The van der Waals surface area contributed by atoms with E-state index in [1.54, 1.807) is 11.0 Å². The Bertz CT molecular complexity index is 1220. The van der Waals surface area contributed by atoms with E-state index in [9.17, 15) is 17.6 Å². The van der Waals surface area contributed by atoms with Gasteiger partial charge >= 0.3 is 0 Å². The first-order chi connectivity index (χ1) is 14.3. The summed E-state index contributed by atoms with van der Waals surface area (Å²) in [5.74, 6) is -0.879. The molecule has 30 heavy (non-hydrogen) atoms. The molecule has 1 N–H and O–H groups in total. The number of nitrogens with zero attached hydrogens (tertiary/aromatic N) is 1. The molecule has 0 fully saturated rings. The lowest BCUT2D eigenvalue weighted by molar-refractivity contribution is 0.0989. The van der Waals surface area contributed by atoms with Crippen LogP contribution in [-0.2, 0) is 23.0 Å². The summed E-state index contributed by atoms with van der Waals surface area (Å²) in [6, 6.07) is 18.2. The van der Waals surface area contributed by atoms with Crippen LogP contribution in [0.2, 0.25) is 0 Å². The fourth-order valence-corrected chi connectivity index (χ4v) is 4.69. The molecule has 0 atom stereocenters. The number of anilines is 1. The van der Waals surface area contributed by atoms with Gasteiger partial charge in [-0.05, 0) is 54.8 Å². The van der Waals surface area contributed by atoms with Crippen molar-refractivity contribution in [1.29, 1.82) is 0 Å². The molecule has 1 heterocycles. The number of hydrogen-bond donors (Lipinski definition) is 1. The van der Waals surface area contributed by atoms with Gasteiger partial charge in [0, 0.05) is 24.3 Å². The van der Waals surface area contributed by atoms with E-state index in [0.29, 0.717) is 17.7 Å². The van der Waals surface area contributed by atoms with Gasteiger partial charge in [-0.15, -0.1) is 0 Å². The van der Waals surface area contributed by atoms with Crippen molar-refractivity contribution < 1.29 is 17.6 Å². The van der Waals surface area contributed by atoms with Gasteiger partial charge in [0.1, 0.15) is 10.7 Å². The number of amides is 1. The second-order valence-electron chi connectivity index (χ2n) is 7.29. The minimum atomic E-state index is -3.99. The zero-order chi connectivity index (χ0) is 21.3. The smallest absolute Gasteiger partial charge is 0.258 e. The van der Waals surface area contributed by atoms with E-state index in [0.717, 1.165) is 29.3 Å². The maximum Gasteiger partial charge on any atom is 0.258 e. The highest BCUT2D eigenvalue weighted by Gasteiger charge is 2.26. The summed E-state index contributed by atoms with van der Waals surface area (Å²) in [5, 5.41) is 0. The summed E-state index contributed by atoms with van der Waals surface area (Å²) >= 11 is 0. The third-order valence-electron chi connectivity index (χ3n) is 5.15. The van der Waals surface area contributed by atoms with Crippen LogP contribution in [0.4, 0.5) is 10.1 Å². The molecule has 1 amide bonds. The molecule has 7 heteroatoms. The normalized spacial score (nSPS) is 13.3. The quantitative estimate of drug-likeness (QED) is 0.677. The van der Waals surface area contributed by atoms with Gasteiger partial charge in [-0.2, -0.15) is 0 Å². The van der Waals surface area contributed by atoms with Crippen molar-refractivity contribution >= 4 is 21.6 Å². The van der Waals surface area contributed by atoms with Gasteiger partial charge in [0.2, 0.25) is 10.0 Å². The predicted octanol–water partition coefficient (Wildman–Crippen LogP) is 3.82. The summed E-state index contributed by atoms with van der Waals surface area (Å²) in [5.41, 5.74) is 4.14. The van der Waals surface area contributed by atoms with Gasteiger partial charge in [0.25, 0.3) is 5.91 Å². The lowest BCUT2D eigenvalue weighted by atomic mass is 10.1.